The van der Waals surface area contributed by atoms with Crippen LogP contribution >= 0.6 is 0 Å². The molecule has 1 heterocycles. The van der Waals surface area contributed by atoms with Crippen LogP contribution in [0.4, 0.5) is 0 Å². The molecule has 1 atom stereocenters. The van der Waals surface area contributed by atoms with E-state index in [4.69, 9.17) is 5.73 Å². The summed E-state index contributed by atoms with van der Waals surface area (Å²) in [7, 11) is 0. The first-order valence-corrected chi connectivity index (χ1v) is 5.07. The molecule has 1 aromatic heterocycles. The largest absolute Gasteiger partial charge is 0.333 e. The molecule has 2 N–H and O–H groups in total. The lowest BCUT2D eigenvalue weighted by Gasteiger charge is -2.12. The third kappa shape index (κ3) is 1.91. The van der Waals surface area contributed by atoms with Gasteiger partial charge in [-0.15, -0.1) is 0 Å². The number of hydrogen-bond acceptors (Lipinski definition) is 2. The van der Waals surface area contributed by atoms with Gasteiger partial charge in [-0.05, 0) is 18.8 Å². The minimum atomic E-state index is 0.333. The van der Waals surface area contributed by atoms with Crippen LogP contribution in [0.25, 0.3) is 0 Å². The first kappa shape index (κ1) is 8.75. The lowest BCUT2D eigenvalue weighted by molar-refractivity contribution is 0.491. The molecule has 72 valence electrons. The lowest BCUT2D eigenvalue weighted by atomic mass is 10.2. The van der Waals surface area contributed by atoms with Crippen LogP contribution < -0.4 is 5.73 Å². The Bertz CT molecular complexity index is 275. The van der Waals surface area contributed by atoms with Gasteiger partial charge in [-0.2, -0.15) is 0 Å². The number of aryl methyl sites for hydroxylation is 1. The summed E-state index contributed by atoms with van der Waals surface area (Å²) in [5.74, 6) is 1.92. The van der Waals surface area contributed by atoms with Crippen molar-refractivity contribution in [3.63, 3.8) is 0 Å². The zero-order chi connectivity index (χ0) is 9.26. The summed E-state index contributed by atoms with van der Waals surface area (Å²) in [6.45, 7) is 3.06. The predicted molar refractivity (Wildman–Crippen MR) is 52.3 cm³/mol. The number of aromatic nitrogens is 2. The monoisotopic (exact) mass is 179 g/mol. The minimum absolute atomic E-state index is 0.333. The number of imidazole rings is 1. The van der Waals surface area contributed by atoms with Crippen molar-refractivity contribution < 1.29 is 0 Å². The first-order chi connectivity index (χ1) is 6.31. The summed E-state index contributed by atoms with van der Waals surface area (Å²) >= 11 is 0. The van der Waals surface area contributed by atoms with E-state index < -0.39 is 0 Å². The SMILES string of the molecule is CCc1nccn1CC(N)C1CC1. The molecule has 1 aliphatic rings. The minimum Gasteiger partial charge on any atom is -0.333 e. The van der Waals surface area contributed by atoms with Crippen molar-refractivity contribution in [3.05, 3.63) is 18.2 Å². The molecule has 13 heavy (non-hydrogen) atoms. The van der Waals surface area contributed by atoms with Gasteiger partial charge in [-0.1, -0.05) is 6.92 Å². The highest BCUT2D eigenvalue weighted by atomic mass is 15.1. The molecule has 0 saturated heterocycles. The summed E-state index contributed by atoms with van der Waals surface area (Å²) in [5, 5.41) is 0. The Morgan fingerprint density at radius 3 is 3.08 bits per heavy atom. The zero-order valence-electron chi connectivity index (χ0n) is 8.11. The average molecular weight is 179 g/mol. The average Bonchev–Trinajstić information content (AvgIpc) is 2.88. The fourth-order valence-electron chi connectivity index (χ4n) is 1.72. The fourth-order valence-corrected chi connectivity index (χ4v) is 1.72. The van der Waals surface area contributed by atoms with E-state index in [-0.39, 0.29) is 0 Å². The Morgan fingerprint density at radius 2 is 2.46 bits per heavy atom. The first-order valence-electron chi connectivity index (χ1n) is 5.07. The summed E-state index contributed by atoms with van der Waals surface area (Å²) in [4.78, 5) is 4.27. The highest BCUT2D eigenvalue weighted by Gasteiger charge is 2.28. The van der Waals surface area contributed by atoms with E-state index in [0.29, 0.717) is 6.04 Å². The van der Waals surface area contributed by atoms with Gasteiger partial charge >= 0.3 is 0 Å². The van der Waals surface area contributed by atoms with E-state index in [9.17, 15) is 0 Å². The molecular weight excluding hydrogens is 162 g/mol. The molecular formula is C10H17N3. The molecule has 0 radical (unpaired) electrons. The Hall–Kier alpha value is -0.830. The van der Waals surface area contributed by atoms with E-state index in [1.165, 1.54) is 12.8 Å². The van der Waals surface area contributed by atoms with Crippen LogP contribution in [0.3, 0.4) is 0 Å². The smallest absolute Gasteiger partial charge is 0.108 e. The molecule has 0 spiro atoms. The van der Waals surface area contributed by atoms with Gasteiger partial charge in [0.1, 0.15) is 5.82 Å². The molecule has 3 heteroatoms. The van der Waals surface area contributed by atoms with Crippen LogP contribution in [0, 0.1) is 5.92 Å². The second kappa shape index (κ2) is 3.50. The van der Waals surface area contributed by atoms with Gasteiger partial charge in [-0.25, -0.2) is 4.98 Å². The predicted octanol–water partition coefficient (Wildman–Crippen LogP) is 1.18. The van der Waals surface area contributed by atoms with Crippen LogP contribution in [0.2, 0.25) is 0 Å². The summed E-state index contributed by atoms with van der Waals surface area (Å²) < 4.78 is 2.18. The maximum atomic E-state index is 6.05. The standard InChI is InChI=1S/C10H17N3/c1-2-10-12-5-6-13(10)7-9(11)8-3-4-8/h5-6,8-9H,2-4,7,11H2,1H3. The second-order valence-electron chi connectivity index (χ2n) is 3.85. The highest BCUT2D eigenvalue weighted by molar-refractivity contribution is 4.94. The summed E-state index contributed by atoms with van der Waals surface area (Å²) in [5.41, 5.74) is 6.05. The lowest BCUT2D eigenvalue weighted by Crippen LogP contribution is -2.28. The van der Waals surface area contributed by atoms with Crippen molar-refractivity contribution in [1.29, 1.82) is 0 Å². The molecule has 3 nitrogen and oxygen atoms in total. The van der Waals surface area contributed by atoms with Gasteiger partial charge in [-0.3, -0.25) is 0 Å². The number of nitrogens with two attached hydrogens (primary N) is 1. The van der Waals surface area contributed by atoms with Gasteiger partial charge in [0.2, 0.25) is 0 Å². The molecule has 0 aromatic carbocycles. The third-order valence-corrected chi connectivity index (χ3v) is 2.75. The van der Waals surface area contributed by atoms with Crippen LogP contribution in [0.15, 0.2) is 12.4 Å². The zero-order valence-corrected chi connectivity index (χ0v) is 8.11. The number of hydrogen-bond donors (Lipinski definition) is 1. The van der Waals surface area contributed by atoms with Gasteiger partial charge < -0.3 is 10.3 Å². The molecule has 1 saturated carbocycles. The molecule has 1 aliphatic carbocycles. The van der Waals surface area contributed by atoms with Crippen LogP contribution in [0.5, 0.6) is 0 Å². The van der Waals surface area contributed by atoms with Crippen LogP contribution in [-0.4, -0.2) is 15.6 Å². The Morgan fingerprint density at radius 1 is 1.69 bits per heavy atom. The van der Waals surface area contributed by atoms with Crippen molar-refractivity contribution in [2.24, 2.45) is 11.7 Å². The van der Waals surface area contributed by atoms with Crippen LogP contribution in [0.1, 0.15) is 25.6 Å². The van der Waals surface area contributed by atoms with Crippen molar-refractivity contribution in [3.8, 4) is 0 Å². The van der Waals surface area contributed by atoms with Crippen molar-refractivity contribution in [2.75, 3.05) is 0 Å². The molecule has 0 aliphatic heterocycles. The van der Waals surface area contributed by atoms with E-state index in [1.54, 1.807) is 0 Å². The Balaban J connectivity index is 1.99. The molecule has 1 fully saturated rings. The Labute approximate surface area is 79.0 Å². The summed E-state index contributed by atoms with van der Waals surface area (Å²) in [6.07, 6.45) is 7.51. The third-order valence-electron chi connectivity index (χ3n) is 2.75. The molecule has 0 amide bonds. The number of nitrogens with zero attached hydrogens (tertiary/aromatic N) is 2. The van der Waals surface area contributed by atoms with Crippen LogP contribution in [-0.2, 0) is 13.0 Å². The van der Waals surface area contributed by atoms with E-state index in [1.807, 2.05) is 12.4 Å². The van der Waals surface area contributed by atoms with E-state index in [0.717, 1.165) is 24.7 Å². The normalized spacial score (nSPS) is 18.9. The van der Waals surface area contributed by atoms with Gasteiger partial charge in [0.15, 0.2) is 0 Å². The van der Waals surface area contributed by atoms with Gasteiger partial charge in [0.05, 0.1) is 0 Å². The van der Waals surface area contributed by atoms with Crippen molar-refractivity contribution in [1.82, 2.24) is 9.55 Å². The molecule has 1 unspecified atom stereocenters. The summed E-state index contributed by atoms with van der Waals surface area (Å²) in [6, 6.07) is 0.333. The van der Waals surface area contributed by atoms with Gasteiger partial charge in [0.25, 0.3) is 0 Å². The quantitative estimate of drug-likeness (QED) is 0.754. The Kier molecular flexibility index (Phi) is 2.36. The molecule has 2 rings (SSSR count). The van der Waals surface area contributed by atoms with Gasteiger partial charge in [0, 0.05) is 31.4 Å². The van der Waals surface area contributed by atoms with Crippen molar-refractivity contribution in [2.45, 2.75) is 38.8 Å². The topological polar surface area (TPSA) is 43.8 Å². The second-order valence-corrected chi connectivity index (χ2v) is 3.85. The fraction of sp³-hybridized carbons (Fsp3) is 0.700. The maximum absolute atomic E-state index is 6.05. The van der Waals surface area contributed by atoms with Crippen molar-refractivity contribution >= 4 is 0 Å². The number of rotatable bonds is 4. The molecule has 0 bridgehead atoms. The maximum Gasteiger partial charge on any atom is 0.108 e. The highest BCUT2D eigenvalue weighted by Crippen LogP contribution is 2.32. The van der Waals surface area contributed by atoms with E-state index in [2.05, 4.69) is 16.5 Å². The molecule has 1 aromatic rings. The van der Waals surface area contributed by atoms with E-state index >= 15 is 0 Å².